The van der Waals surface area contributed by atoms with Crippen LogP contribution in [-0.4, -0.2) is 66.1 Å². The molecule has 1 amide bonds. The molecule has 1 unspecified atom stereocenters. The first-order chi connectivity index (χ1) is 14.7. The first-order valence-corrected chi connectivity index (χ1v) is 11.9. The molecule has 160 valence electrons. The molecule has 5 nitrogen and oxygen atoms in total. The van der Waals surface area contributed by atoms with Crippen LogP contribution in [0.4, 0.5) is 5.69 Å². The van der Waals surface area contributed by atoms with Crippen LogP contribution in [0.15, 0.2) is 48.5 Å². The van der Waals surface area contributed by atoms with E-state index in [2.05, 4.69) is 58.4 Å². The Bertz CT molecular complexity index is 840. The third-order valence-electron chi connectivity index (χ3n) is 5.75. The standard InChI is InChI=1S/C24H31N3O2S/c1-19-15-21(17-26-10-13-30-14-11-26)7-8-22(19)25-24(28)23-18-27(9-12-29-23)16-20-5-3-2-4-6-20/h2-8,15,23H,9-14,16-18H2,1H3,(H,25,28). The van der Waals surface area contributed by atoms with E-state index in [0.717, 1.165) is 44.0 Å². The topological polar surface area (TPSA) is 44.8 Å². The zero-order chi connectivity index (χ0) is 20.8. The lowest BCUT2D eigenvalue weighted by atomic mass is 10.1. The molecule has 2 aliphatic heterocycles. The molecule has 2 aromatic carbocycles. The van der Waals surface area contributed by atoms with Crippen molar-refractivity contribution >= 4 is 23.4 Å². The normalized spacial score (nSPS) is 20.8. The molecule has 30 heavy (non-hydrogen) atoms. The minimum atomic E-state index is -0.438. The molecular weight excluding hydrogens is 394 g/mol. The van der Waals surface area contributed by atoms with Crippen molar-refractivity contribution in [3.8, 4) is 0 Å². The maximum Gasteiger partial charge on any atom is 0.254 e. The highest BCUT2D eigenvalue weighted by Crippen LogP contribution is 2.20. The van der Waals surface area contributed by atoms with E-state index in [9.17, 15) is 4.79 Å². The van der Waals surface area contributed by atoms with E-state index < -0.39 is 6.10 Å². The minimum absolute atomic E-state index is 0.0586. The van der Waals surface area contributed by atoms with Crippen LogP contribution in [0.3, 0.4) is 0 Å². The number of benzene rings is 2. The van der Waals surface area contributed by atoms with E-state index in [1.54, 1.807) is 0 Å². The molecule has 2 aromatic rings. The van der Waals surface area contributed by atoms with Gasteiger partial charge in [0.15, 0.2) is 0 Å². The van der Waals surface area contributed by atoms with Crippen molar-refractivity contribution in [2.75, 3.05) is 49.6 Å². The quantitative estimate of drug-likeness (QED) is 0.769. The van der Waals surface area contributed by atoms with Gasteiger partial charge in [0.1, 0.15) is 6.10 Å². The number of ether oxygens (including phenoxy) is 1. The lowest BCUT2D eigenvalue weighted by Gasteiger charge is -2.32. The number of nitrogens with zero attached hydrogens (tertiary/aromatic N) is 2. The highest BCUT2D eigenvalue weighted by atomic mass is 32.2. The third-order valence-corrected chi connectivity index (χ3v) is 6.69. The van der Waals surface area contributed by atoms with Gasteiger partial charge in [-0.2, -0.15) is 11.8 Å². The van der Waals surface area contributed by atoms with Gasteiger partial charge >= 0.3 is 0 Å². The molecule has 2 heterocycles. The van der Waals surface area contributed by atoms with Crippen molar-refractivity contribution in [2.24, 2.45) is 0 Å². The molecule has 0 spiro atoms. The van der Waals surface area contributed by atoms with E-state index in [1.165, 1.54) is 22.6 Å². The van der Waals surface area contributed by atoms with Gasteiger partial charge in [-0.3, -0.25) is 14.6 Å². The van der Waals surface area contributed by atoms with E-state index in [0.29, 0.717) is 13.2 Å². The Morgan fingerprint density at radius 3 is 2.57 bits per heavy atom. The second kappa shape index (κ2) is 10.4. The number of hydrogen-bond donors (Lipinski definition) is 1. The number of thioether (sulfide) groups is 1. The van der Waals surface area contributed by atoms with E-state index in [1.807, 2.05) is 23.9 Å². The number of nitrogens with one attached hydrogen (secondary N) is 1. The number of anilines is 1. The summed E-state index contributed by atoms with van der Waals surface area (Å²) in [7, 11) is 0. The monoisotopic (exact) mass is 425 g/mol. The van der Waals surface area contributed by atoms with Crippen molar-refractivity contribution in [3.63, 3.8) is 0 Å². The van der Waals surface area contributed by atoms with Crippen LogP contribution in [0.5, 0.6) is 0 Å². The van der Waals surface area contributed by atoms with Crippen molar-refractivity contribution in [1.29, 1.82) is 0 Å². The molecule has 4 rings (SSSR count). The third kappa shape index (κ3) is 5.85. The number of aryl methyl sites for hydroxylation is 1. The zero-order valence-corrected chi connectivity index (χ0v) is 18.5. The van der Waals surface area contributed by atoms with Gasteiger partial charge in [-0.25, -0.2) is 0 Å². The molecule has 1 N–H and O–H groups in total. The van der Waals surface area contributed by atoms with Crippen LogP contribution < -0.4 is 5.32 Å². The van der Waals surface area contributed by atoms with E-state index in [4.69, 9.17) is 4.74 Å². The van der Waals surface area contributed by atoms with Gasteiger partial charge in [-0.15, -0.1) is 0 Å². The Morgan fingerprint density at radius 1 is 1.03 bits per heavy atom. The van der Waals surface area contributed by atoms with Gasteiger partial charge in [0.05, 0.1) is 6.61 Å². The largest absolute Gasteiger partial charge is 0.366 e. The smallest absolute Gasteiger partial charge is 0.254 e. The number of morpholine rings is 1. The zero-order valence-electron chi connectivity index (χ0n) is 17.7. The summed E-state index contributed by atoms with van der Waals surface area (Å²) in [6.45, 7) is 8.24. The maximum atomic E-state index is 12.8. The fourth-order valence-corrected chi connectivity index (χ4v) is 5.02. The average molecular weight is 426 g/mol. The van der Waals surface area contributed by atoms with Crippen LogP contribution in [-0.2, 0) is 22.6 Å². The minimum Gasteiger partial charge on any atom is -0.366 e. The SMILES string of the molecule is Cc1cc(CN2CCSCC2)ccc1NC(=O)C1CN(Cc2ccccc2)CCO1. The lowest BCUT2D eigenvalue weighted by Crippen LogP contribution is -2.47. The molecule has 0 aromatic heterocycles. The second-order valence-corrected chi connectivity index (χ2v) is 9.33. The summed E-state index contributed by atoms with van der Waals surface area (Å²) in [5, 5.41) is 3.09. The number of rotatable bonds is 6. The first kappa shape index (κ1) is 21.4. The maximum absolute atomic E-state index is 12.8. The molecule has 2 fully saturated rings. The van der Waals surface area contributed by atoms with E-state index in [-0.39, 0.29) is 5.91 Å². The Labute approximate surface area is 183 Å². The molecule has 6 heteroatoms. The molecule has 0 aliphatic carbocycles. The van der Waals surface area contributed by atoms with Crippen molar-refractivity contribution in [1.82, 2.24) is 9.80 Å². The van der Waals surface area contributed by atoms with Crippen molar-refractivity contribution in [2.45, 2.75) is 26.1 Å². The average Bonchev–Trinajstić information content (AvgIpc) is 2.77. The Morgan fingerprint density at radius 2 is 1.80 bits per heavy atom. The van der Waals surface area contributed by atoms with E-state index >= 15 is 0 Å². The number of amides is 1. The molecule has 2 saturated heterocycles. The fourth-order valence-electron chi connectivity index (χ4n) is 4.04. The molecule has 0 radical (unpaired) electrons. The van der Waals surface area contributed by atoms with Crippen LogP contribution in [0.2, 0.25) is 0 Å². The van der Waals surface area contributed by atoms with Gasteiger partial charge in [0.25, 0.3) is 5.91 Å². The van der Waals surface area contributed by atoms with Crippen molar-refractivity contribution in [3.05, 3.63) is 65.2 Å². The molecule has 0 bridgehead atoms. The van der Waals surface area contributed by atoms with Gasteiger partial charge < -0.3 is 10.1 Å². The van der Waals surface area contributed by atoms with Crippen LogP contribution in [0, 0.1) is 6.92 Å². The Balaban J connectivity index is 1.32. The summed E-state index contributed by atoms with van der Waals surface area (Å²) < 4.78 is 5.78. The van der Waals surface area contributed by atoms with Gasteiger partial charge in [-0.05, 0) is 29.7 Å². The van der Waals surface area contributed by atoms with Crippen molar-refractivity contribution < 1.29 is 9.53 Å². The predicted molar refractivity (Wildman–Crippen MR) is 124 cm³/mol. The molecular formula is C24H31N3O2S. The van der Waals surface area contributed by atoms with Gasteiger partial charge in [0.2, 0.25) is 0 Å². The number of carbonyl (C=O) groups excluding carboxylic acids is 1. The van der Waals surface area contributed by atoms with Crippen LogP contribution in [0.25, 0.3) is 0 Å². The summed E-state index contributed by atoms with van der Waals surface area (Å²) in [6, 6.07) is 16.7. The lowest BCUT2D eigenvalue weighted by molar-refractivity contribution is -0.133. The molecule has 0 saturated carbocycles. The Kier molecular flexibility index (Phi) is 7.44. The fraction of sp³-hybridized carbons (Fsp3) is 0.458. The Hall–Kier alpha value is -1.86. The summed E-state index contributed by atoms with van der Waals surface area (Å²) in [5.41, 5.74) is 4.54. The highest BCUT2D eigenvalue weighted by Gasteiger charge is 2.27. The molecule has 2 aliphatic rings. The summed E-state index contributed by atoms with van der Waals surface area (Å²) in [5.74, 6) is 2.38. The van der Waals surface area contributed by atoms with Crippen LogP contribution in [0.1, 0.15) is 16.7 Å². The second-order valence-electron chi connectivity index (χ2n) is 8.11. The number of carbonyl (C=O) groups is 1. The van der Waals surface area contributed by atoms with Crippen LogP contribution >= 0.6 is 11.8 Å². The summed E-state index contributed by atoms with van der Waals surface area (Å²) in [4.78, 5) is 17.6. The number of hydrogen-bond acceptors (Lipinski definition) is 5. The summed E-state index contributed by atoms with van der Waals surface area (Å²) in [6.07, 6.45) is -0.438. The molecule has 1 atom stereocenters. The van der Waals surface area contributed by atoms with Gasteiger partial charge in [0, 0.05) is 56.5 Å². The predicted octanol–water partition coefficient (Wildman–Crippen LogP) is 3.38. The van der Waals surface area contributed by atoms with Gasteiger partial charge in [-0.1, -0.05) is 42.5 Å². The summed E-state index contributed by atoms with van der Waals surface area (Å²) >= 11 is 2.03. The first-order valence-electron chi connectivity index (χ1n) is 10.8. The highest BCUT2D eigenvalue weighted by molar-refractivity contribution is 7.99.